The van der Waals surface area contributed by atoms with Crippen LogP contribution in [0.25, 0.3) is 0 Å². The van der Waals surface area contributed by atoms with Gasteiger partial charge in [-0.3, -0.25) is 4.79 Å². The molecule has 0 saturated carbocycles. The van der Waals surface area contributed by atoms with Gasteiger partial charge in [0.05, 0.1) is 5.56 Å². The highest BCUT2D eigenvalue weighted by molar-refractivity contribution is 7.80. The second kappa shape index (κ2) is 5.06. The monoisotopic (exact) mass is 243 g/mol. The first-order valence-corrected chi connectivity index (χ1v) is 5.77. The molecule has 17 heavy (non-hydrogen) atoms. The number of carbonyl (C=O) groups excluding carboxylic acids is 1. The molecule has 1 amide bonds. The third-order valence-electron chi connectivity index (χ3n) is 2.42. The van der Waals surface area contributed by atoms with Crippen LogP contribution in [0.5, 0.6) is 0 Å². The molecule has 0 unspecified atom stereocenters. The van der Waals surface area contributed by atoms with Crippen molar-refractivity contribution in [2.45, 2.75) is 11.8 Å². The van der Waals surface area contributed by atoms with Crippen LogP contribution in [0.3, 0.4) is 0 Å². The molecule has 2 rings (SSSR count). The lowest BCUT2D eigenvalue weighted by atomic mass is 10.2. The SMILES string of the molecule is Cc1cccc(NC(=O)c2ccccc2S)c1. The van der Waals surface area contributed by atoms with Gasteiger partial charge in [0.2, 0.25) is 0 Å². The average molecular weight is 243 g/mol. The number of hydrogen-bond acceptors (Lipinski definition) is 2. The fourth-order valence-corrected chi connectivity index (χ4v) is 1.85. The van der Waals surface area contributed by atoms with Gasteiger partial charge in [-0.1, -0.05) is 24.3 Å². The molecule has 2 aromatic carbocycles. The van der Waals surface area contributed by atoms with E-state index in [1.165, 1.54) is 0 Å². The Kier molecular flexibility index (Phi) is 3.49. The van der Waals surface area contributed by atoms with E-state index in [9.17, 15) is 4.79 Å². The predicted molar refractivity (Wildman–Crippen MR) is 72.8 cm³/mol. The number of amides is 1. The molecule has 2 aromatic rings. The fraction of sp³-hybridized carbons (Fsp3) is 0.0714. The van der Waals surface area contributed by atoms with Crippen LogP contribution in [0.15, 0.2) is 53.4 Å². The van der Waals surface area contributed by atoms with Crippen LogP contribution in [0.4, 0.5) is 5.69 Å². The van der Waals surface area contributed by atoms with E-state index in [1.54, 1.807) is 12.1 Å². The van der Waals surface area contributed by atoms with E-state index >= 15 is 0 Å². The molecule has 86 valence electrons. The van der Waals surface area contributed by atoms with Crippen molar-refractivity contribution in [3.63, 3.8) is 0 Å². The lowest BCUT2D eigenvalue weighted by Crippen LogP contribution is -2.12. The highest BCUT2D eigenvalue weighted by atomic mass is 32.1. The van der Waals surface area contributed by atoms with Crippen LogP contribution in [-0.2, 0) is 0 Å². The number of thiol groups is 1. The lowest BCUT2D eigenvalue weighted by Gasteiger charge is -2.07. The zero-order chi connectivity index (χ0) is 12.3. The van der Waals surface area contributed by atoms with Gasteiger partial charge < -0.3 is 5.32 Å². The molecule has 0 atom stereocenters. The summed E-state index contributed by atoms with van der Waals surface area (Å²) >= 11 is 4.26. The first-order valence-electron chi connectivity index (χ1n) is 5.33. The number of benzene rings is 2. The molecule has 0 fully saturated rings. The number of rotatable bonds is 2. The topological polar surface area (TPSA) is 29.1 Å². The van der Waals surface area contributed by atoms with E-state index in [2.05, 4.69) is 17.9 Å². The Labute approximate surface area is 106 Å². The molecule has 1 N–H and O–H groups in total. The minimum absolute atomic E-state index is 0.138. The molecule has 0 spiro atoms. The largest absolute Gasteiger partial charge is 0.322 e. The van der Waals surface area contributed by atoms with Crippen LogP contribution < -0.4 is 5.32 Å². The van der Waals surface area contributed by atoms with Crippen molar-refractivity contribution < 1.29 is 4.79 Å². The number of anilines is 1. The minimum atomic E-state index is -0.138. The van der Waals surface area contributed by atoms with Gasteiger partial charge in [-0.15, -0.1) is 12.6 Å². The Morgan fingerprint density at radius 1 is 1.12 bits per heavy atom. The van der Waals surface area contributed by atoms with Gasteiger partial charge in [0.15, 0.2) is 0 Å². The summed E-state index contributed by atoms with van der Waals surface area (Å²) in [5.74, 6) is -0.138. The third-order valence-corrected chi connectivity index (χ3v) is 2.81. The van der Waals surface area contributed by atoms with E-state index < -0.39 is 0 Å². The fourth-order valence-electron chi connectivity index (χ4n) is 1.59. The van der Waals surface area contributed by atoms with Gasteiger partial charge in [-0.25, -0.2) is 0 Å². The number of hydrogen-bond donors (Lipinski definition) is 2. The van der Waals surface area contributed by atoms with Gasteiger partial charge in [0.1, 0.15) is 0 Å². The molecular weight excluding hydrogens is 230 g/mol. The smallest absolute Gasteiger partial charge is 0.256 e. The first-order chi connectivity index (χ1) is 8.16. The van der Waals surface area contributed by atoms with E-state index in [-0.39, 0.29) is 5.91 Å². The molecule has 0 radical (unpaired) electrons. The molecule has 0 heterocycles. The maximum absolute atomic E-state index is 12.0. The summed E-state index contributed by atoms with van der Waals surface area (Å²) in [6.07, 6.45) is 0. The molecule has 0 aliphatic carbocycles. The highest BCUT2D eigenvalue weighted by Gasteiger charge is 2.08. The predicted octanol–water partition coefficient (Wildman–Crippen LogP) is 3.54. The summed E-state index contributed by atoms with van der Waals surface area (Å²) in [6, 6.07) is 14.9. The van der Waals surface area contributed by atoms with Crippen molar-refractivity contribution in [1.29, 1.82) is 0 Å². The molecule has 2 nitrogen and oxygen atoms in total. The molecule has 0 aliphatic heterocycles. The molecule has 3 heteroatoms. The normalized spacial score (nSPS) is 10.0. The van der Waals surface area contributed by atoms with Crippen molar-refractivity contribution in [3.05, 3.63) is 59.7 Å². The molecule has 0 bridgehead atoms. The Balaban J connectivity index is 2.20. The standard InChI is InChI=1S/C14H13NOS/c1-10-5-4-6-11(9-10)15-14(16)12-7-2-3-8-13(12)17/h2-9,17H,1H3,(H,15,16). The van der Waals surface area contributed by atoms with Gasteiger partial charge in [0.25, 0.3) is 5.91 Å². The van der Waals surface area contributed by atoms with Gasteiger partial charge in [0, 0.05) is 10.6 Å². The van der Waals surface area contributed by atoms with Gasteiger partial charge >= 0.3 is 0 Å². The lowest BCUT2D eigenvalue weighted by molar-refractivity contribution is 0.102. The van der Waals surface area contributed by atoms with Crippen molar-refractivity contribution in [2.75, 3.05) is 5.32 Å². The number of nitrogens with one attached hydrogen (secondary N) is 1. The summed E-state index contributed by atoms with van der Waals surface area (Å²) in [7, 11) is 0. The number of aryl methyl sites for hydroxylation is 1. The average Bonchev–Trinajstić information content (AvgIpc) is 2.29. The summed E-state index contributed by atoms with van der Waals surface area (Å²) in [4.78, 5) is 12.7. The minimum Gasteiger partial charge on any atom is -0.322 e. The quantitative estimate of drug-likeness (QED) is 0.776. The maximum Gasteiger partial charge on any atom is 0.256 e. The highest BCUT2D eigenvalue weighted by Crippen LogP contribution is 2.16. The van der Waals surface area contributed by atoms with Crippen molar-refractivity contribution in [1.82, 2.24) is 0 Å². The van der Waals surface area contributed by atoms with E-state index in [1.807, 2.05) is 43.3 Å². The zero-order valence-electron chi connectivity index (χ0n) is 9.47. The van der Waals surface area contributed by atoms with Crippen LogP contribution >= 0.6 is 12.6 Å². The molecular formula is C14H13NOS. The molecule has 0 aliphatic rings. The van der Waals surface area contributed by atoms with Gasteiger partial charge in [-0.2, -0.15) is 0 Å². The van der Waals surface area contributed by atoms with Crippen LogP contribution in [0, 0.1) is 6.92 Å². The second-order valence-corrected chi connectivity index (χ2v) is 4.32. The summed E-state index contributed by atoms with van der Waals surface area (Å²) < 4.78 is 0. The van der Waals surface area contributed by atoms with E-state index in [4.69, 9.17) is 0 Å². The van der Waals surface area contributed by atoms with Gasteiger partial charge in [-0.05, 0) is 36.8 Å². The van der Waals surface area contributed by atoms with E-state index in [0.717, 1.165) is 11.3 Å². The second-order valence-electron chi connectivity index (χ2n) is 3.84. The summed E-state index contributed by atoms with van der Waals surface area (Å²) in [5, 5.41) is 2.85. The van der Waals surface area contributed by atoms with Crippen molar-refractivity contribution in [2.24, 2.45) is 0 Å². The van der Waals surface area contributed by atoms with Crippen LogP contribution in [-0.4, -0.2) is 5.91 Å². The Morgan fingerprint density at radius 2 is 1.88 bits per heavy atom. The zero-order valence-corrected chi connectivity index (χ0v) is 10.4. The van der Waals surface area contributed by atoms with Crippen molar-refractivity contribution in [3.8, 4) is 0 Å². The Bertz CT molecular complexity index is 551. The van der Waals surface area contributed by atoms with Crippen molar-refractivity contribution >= 4 is 24.2 Å². The number of carbonyl (C=O) groups is 1. The summed E-state index contributed by atoms with van der Waals surface area (Å²) in [5.41, 5.74) is 2.49. The first kappa shape index (κ1) is 11.7. The third kappa shape index (κ3) is 2.88. The Morgan fingerprint density at radius 3 is 2.59 bits per heavy atom. The van der Waals surface area contributed by atoms with Crippen LogP contribution in [0.1, 0.15) is 15.9 Å². The summed E-state index contributed by atoms with van der Waals surface area (Å²) in [6.45, 7) is 1.99. The molecule has 0 aromatic heterocycles. The van der Waals surface area contributed by atoms with Crippen LogP contribution in [0.2, 0.25) is 0 Å². The molecule has 0 saturated heterocycles. The maximum atomic E-state index is 12.0. The Hall–Kier alpha value is -1.74. The van der Waals surface area contributed by atoms with E-state index in [0.29, 0.717) is 10.5 Å².